The number of carbonyl (C=O) groups is 1. The number of ether oxygens (including phenoxy) is 1. The molecule has 1 aromatic heterocycles. The maximum atomic E-state index is 11.0. The lowest BCUT2D eigenvalue weighted by molar-refractivity contribution is -0.121. The fourth-order valence-corrected chi connectivity index (χ4v) is 1.79. The average molecular weight is 268 g/mol. The van der Waals surface area contributed by atoms with Crippen LogP contribution in [0.4, 0.5) is 0 Å². The van der Waals surface area contributed by atoms with E-state index in [2.05, 4.69) is 20.5 Å². The molecule has 1 aliphatic heterocycles. The van der Waals surface area contributed by atoms with Crippen LogP contribution in [0.25, 0.3) is 0 Å². The molecule has 0 aliphatic carbocycles. The van der Waals surface area contributed by atoms with E-state index in [1.165, 1.54) is 0 Å². The number of hydrogen-bond acceptors (Lipinski definition) is 5. The SMILES string of the molecule is O=C1CCC(c2cnc(Oc3ccccc3)nc2)=NN1. The van der Waals surface area contributed by atoms with Gasteiger partial charge >= 0.3 is 6.01 Å². The van der Waals surface area contributed by atoms with Gasteiger partial charge in [-0.3, -0.25) is 4.79 Å². The summed E-state index contributed by atoms with van der Waals surface area (Å²) in [7, 11) is 0. The van der Waals surface area contributed by atoms with Crippen molar-refractivity contribution in [2.24, 2.45) is 5.10 Å². The summed E-state index contributed by atoms with van der Waals surface area (Å²) in [5, 5.41) is 3.99. The first-order chi connectivity index (χ1) is 9.81. The Morgan fingerprint density at radius 3 is 2.45 bits per heavy atom. The zero-order chi connectivity index (χ0) is 13.8. The standard InChI is InChI=1S/C14H12N4O2/c19-13-7-6-12(17-18-13)10-8-15-14(16-9-10)20-11-4-2-1-3-5-11/h1-5,8-9H,6-7H2,(H,18,19). The highest BCUT2D eigenvalue weighted by molar-refractivity contribution is 6.03. The van der Waals surface area contributed by atoms with E-state index in [-0.39, 0.29) is 11.9 Å². The lowest BCUT2D eigenvalue weighted by Gasteiger charge is -2.11. The van der Waals surface area contributed by atoms with Crippen molar-refractivity contribution < 1.29 is 9.53 Å². The molecular weight excluding hydrogens is 256 g/mol. The first kappa shape index (κ1) is 12.3. The molecule has 1 aromatic carbocycles. The van der Waals surface area contributed by atoms with Crippen LogP contribution >= 0.6 is 0 Å². The summed E-state index contributed by atoms with van der Waals surface area (Å²) in [6.07, 6.45) is 4.30. The van der Waals surface area contributed by atoms with E-state index in [1.54, 1.807) is 12.4 Å². The van der Waals surface area contributed by atoms with Crippen LogP contribution < -0.4 is 10.2 Å². The van der Waals surface area contributed by atoms with Gasteiger partial charge in [0.15, 0.2) is 0 Å². The van der Waals surface area contributed by atoms with E-state index in [9.17, 15) is 4.79 Å². The molecular formula is C14H12N4O2. The van der Waals surface area contributed by atoms with E-state index < -0.39 is 0 Å². The maximum Gasteiger partial charge on any atom is 0.321 e. The molecule has 0 atom stereocenters. The molecule has 2 heterocycles. The second-order valence-electron chi connectivity index (χ2n) is 4.26. The third-order valence-electron chi connectivity index (χ3n) is 2.82. The molecule has 6 nitrogen and oxygen atoms in total. The Morgan fingerprint density at radius 2 is 1.80 bits per heavy atom. The number of hydrogen-bond donors (Lipinski definition) is 1. The maximum absolute atomic E-state index is 11.0. The quantitative estimate of drug-likeness (QED) is 0.922. The van der Waals surface area contributed by atoms with Crippen LogP contribution in [-0.2, 0) is 4.79 Å². The Hall–Kier alpha value is -2.76. The monoisotopic (exact) mass is 268 g/mol. The molecule has 0 unspecified atom stereocenters. The molecule has 3 rings (SSSR count). The summed E-state index contributed by atoms with van der Waals surface area (Å²) < 4.78 is 5.51. The molecule has 100 valence electrons. The minimum atomic E-state index is -0.0706. The van der Waals surface area contributed by atoms with Gasteiger partial charge in [-0.05, 0) is 12.1 Å². The summed E-state index contributed by atoms with van der Waals surface area (Å²) in [5.41, 5.74) is 4.00. The number of aromatic nitrogens is 2. The topological polar surface area (TPSA) is 76.5 Å². The van der Waals surface area contributed by atoms with E-state index in [0.29, 0.717) is 18.6 Å². The molecule has 0 saturated carbocycles. The van der Waals surface area contributed by atoms with Crippen LogP contribution in [0, 0.1) is 0 Å². The van der Waals surface area contributed by atoms with Crippen molar-refractivity contribution in [1.82, 2.24) is 15.4 Å². The summed E-state index contributed by atoms with van der Waals surface area (Å²) >= 11 is 0. The number of para-hydroxylation sites is 1. The second-order valence-corrected chi connectivity index (χ2v) is 4.26. The van der Waals surface area contributed by atoms with E-state index >= 15 is 0 Å². The lowest BCUT2D eigenvalue weighted by Crippen LogP contribution is -2.26. The number of nitrogens with zero attached hydrogens (tertiary/aromatic N) is 3. The highest BCUT2D eigenvalue weighted by Crippen LogP contribution is 2.17. The van der Waals surface area contributed by atoms with Crippen LogP contribution in [-0.4, -0.2) is 21.6 Å². The molecule has 1 amide bonds. The summed E-state index contributed by atoms with van der Waals surface area (Å²) in [6, 6.07) is 9.61. The smallest absolute Gasteiger partial charge is 0.321 e. The van der Waals surface area contributed by atoms with Crippen LogP contribution in [0.1, 0.15) is 18.4 Å². The van der Waals surface area contributed by atoms with Gasteiger partial charge in [0.1, 0.15) is 5.75 Å². The van der Waals surface area contributed by atoms with E-state index in [0.717, 1.165) is 11.3 Å². The van der Waals surface area contributed by atoms with Gasteiger partial charge < -0.3 is 4.74 Å². The molecule has 0 spiro atoms. The number of carbonyl (C=O) groups excluding carboxylic acids is 1. The third-order valence-corrected chi connectivity index (χ3v) is 2.82. The number of hydrazone groups is 1. The van der Waals surface area contributed by atoms with Gasteiger partial charge in [0.2, 0.25) is 5.91 Å². The van der Waals surface area contributed by atoms with Gasteiger partial charge in [0, 0.05) is 30.8 Å². The summed E-state index contributed by atoms with van der Waals surface area (Å²) in [5.74, 6) is 0.612. The average Bonchev–Trinajstić information content (AvgIpc) is 2.50. The Bertz CT molecular complexity index is 638. The van der Waals surface area contributed by atoms with Crippen molar-refractivity contribution in [3.05, 3.63) is 48.3 Å². The van der Waals surface area contributed by atoms with Gasteiger partial charge in [-0.2, -0.15) is 5.10 Å². The molecule has 1 N–H and O–H groups in total. The fraction of sp³-hybridized carbons (Fsp3) is 0.143. The van der Waals surface area contributed by atoms with Crippen molar-refractivity contribution in [3.63, 3.8) is 0 Å². The third kappa shape index (κ3) is 2.80. The molecule has 6 heteroatoms. The van der Waals surface area contributed by atoms with Crippen molar-refractivity contribution in [2.75, 3.05) is 0 Å². The van der Waals surface area contributed by atoms with Gasteiger partial charge in [-0.1, -0.05) is 18.2 Å². The molecule has 0 fully saturated rings. The minimum Gasteiger partial charge on any atom is -0.424 e. The van der Waals surface area contributed by atoms with Gasteiger partial charge in [0.25, 0.3) is 0 Å². The zero-order valence-corrected chi connectivity index (χ0v) is 10.6. The molecule has 0 saturated heterocycles. The summed E-state index contributed by atoms with van der Waals surface area (Å²) in [6.45, 7) is 0. The van der Waals surface area contributed by atoms with Gasteiger partial charge in [-0.25, -0.2) is 15.4 Å². The molecule has 1 aliphatic rings. The predicted octanol–water partition coefficient (Wildman–Crippen LogP) is 1.88. The lowest BCUT2D eigenvalue weighted by atomic mass is 10.1. The molecule has 20 heavy (non-hydrogen) atoms. The minimum absolute atomic E-state index is 0.0706. The first-order valence-electron chi connectivity index (χ1n) is 6.22. The van der Waals surface area contributed by atoms with Crippen LogP contribution in [0.3, 0.4) is 0 Å². The number of benzene rings is 1. The highest BCUT2D eigenvalue weighted by atomic mass is 16.5. The van der Waals surface area contributed by atoms with Crippen LogP contribution in [0.5, 0.6) is 11.8 Å². The Labute approximate surface area is 115 Å². The number of rotatable bonds is 3. The zero-order valence-electron chi connectivity index (χ0n) is 10.6. The number of amides is 1. The Balaban J connectivity index is 1.73. The van der Waals surface area contributed by atoms with Crippen molar-refractivity contribution in [2.45, 2.75) is 12.8 Å². The van der Waals surface area contributed by atoms with Crippen LogP contribution in [0.2, 0.25) is 0 Å². The summed E-state index contributed by atoms with van der Waals surface area (Å²) in [4.78, 5) is 19.3. The highest BCUT2D eigenvalue weighted by Gasteiger charge is 2.14. The molecule has 0 bridgehead atoms. The molecule has 0 radical (unpaired) electrons. The first-order valence-corrected chi connectivity index (χ1v) is 6.22. The number of nitrogens with one attached hydrogen (secondary N) is 1. The van der Waals surface area contributed by atoms with Gasteiger partial charge in [0.05, 0.1) is 5.71 Å². The van der Waals surface area contributed by atoms with Crippen molar-refractivity contribution >= 4 is 11.6 Å². The van der Waals surface area contributed by atoms with Crippen LogP contribution in [0.15, 0.2) is 47.8 Å². The normalized spacial score (nSPS) is 14.4. The Morgan fingerprint density at radius 1 is 1.05 bits per heavy atom. The van der Waals surface area contributed by atoms with Crippen molar-refractivity contribution in [1.29, 1.82) is 0 Å². The molecule has 2 aromatic rings. The van der Waals surface area contributed by atoms with E-state index in [4.69, 9.17) is 4.74 Å². The Kier molecular flexibility index (Phi) is 3.36. The largest absolute Gasteiger partial charge is 0.424 e. The predicted molar refractivity (Wildman–Crippen MR) is 72.5 cm³/mol. The van der Waals surface area contributed by atoms with E-state index in [1.807, 2.05) is 30.3 Å². The van der Waals surface area contributed by atoms with Crippen molar-refractivity contribution in [3.8, 4) is 11.8 Å². The van der Waals surface area contributed by atoms with Gasteiger partial charge in [-0.15, -0.1) is 0 Å². The second kappa shape index (κ2) is 5.48. The fourth-order valence-electron chi connectivity index (χ4n) is 1.79.